The number of amides is 2. The van der Waals surface area contributed by atoms with Crippen molar-refractivity contribution in [2.24, 2.45) is 0 Å². The highest BCUT2D eigenvalue weighted by molar-refractivity contribution is 5.80. The van der Waals surface area contributed by atoms with Crippen LogP contribution in [0.4, 0.5) is 0 Å². The van der Waals surface area contributed by atoms with Crippen LogP contribution in [-0.4, -0.2) is 70.0 Å². The molecular formula is C16H20N4O3. The zero-order chi connectivity index (χ0) is 16.2. The van der Waals surface area contributed by atoms with Crippen molar-refractivity contribution in [3.63, 3.8) is 0 Å². The number of rotatable bonds is 5. The summed E-state index contributed by atoms with van der Waals surface area (Å²) >= 11 is 0. The number of hydrogen-bond acceptors (Lipinski definition) is 5. The largest absolute Gasteiger partial charge is 0.364 e. The van der Waals surface area contributed by atoms with Crippen LogP contribution >= 0.6 is 0 Å². The maximum atomic E-state index is 12.4. The van der Waals surface area contributed by atoms with E-state index in [1.54, 1.807) is 28.3 Å². The van der Waals surface area contributed by atoms with E-state index in [0.29, 0.717) is 32.5 Å². The van der Waals surface area contributed by atoms with Gasteiger partial charge in [-0.2, -0.15) is 0 Å². The van der Waals surface area contributed by atoms with E-state index in [9.17, 15) is 9.59 Å². The molecule has 0 bridgehead atoms. The Morgan fingerprint density at radius 2 is 2.17 bits per heavy atom. The van der Waals surface area contributed by atoms with Crippen molar-refractivity contribution in [1.82, 2.24) is 19.8 Å². The van der Waals surface area contributed by atoms with Gasteiger partial charge in [-0.15, -0.1) is 6.58 Å². The van der Waals surface area contributed by atoms with E-state index in [2.05, 4.69) is 16.5 Å². The average molecular weight is 316 g/mol. The molecule has 2 aliphatic rings. The van der Waals surface area contributed by atoms with Crippen LogP contribution in [0.15, 0.2) is 31.4 Å². The quantitative estimate of drug-likeness (QED) is 0.717. The molecule has 2 fully saturated rings. The molecule has 7 nitrogen and oxygen atoms in total. The van der Waals surface area contributed by atoms with E-state index >= 15 is 0 Å². The molecule has 0 saturated carbocycles. The summed E-state index contributed by atoms with van der Waals surface area (Å²) < 4.78 is 5.59. The lowest BCUT2D eigenvalue weighted by Gasteiger charge is -2.35. The summed E-state index contributed by atoms with van der Waals surface area (Å²) in [4.78, 5) is 35.8. The van der Waals surface area contributed by atoms with Crippen molar-refractivity contribution in [2.75, 3.05) is 26.2 Å². The summed E-state index contributed by atoms with van der Waals surface area (Å²) in [6, 6.07) is -0.0711. The zero-order valence-electron chi connectivity index (χ0n) is 12.9. The highest BCUT2D eigenvalue weighted by Crippen LogP contribution is 2.24. The van der Waals surface area contributed by atoms with E-state index in [-0.39, 0.29) is 30.6 Å². The van der Waals surface area contributed by atoms with Crippen LogP contribution in [0.25, 0.3) is 0 Å². The molecule has 2 aliphatic heterocycles. The van der Waals surface area contributed by atoms with Gasteiger partial charge in [0.25, 0.3) is 0 Å². The van der Waals surface area contributed by atoms with Gasteiger partial charge in [0.1, 0.15) is 12.9 Å². The highest BCUT2D eigenvalue weighted by Gasteiger charge is 2.43. The first-order valence-electron chi connectivity index (χ1n) is 7.72. The maximum absolute atomic E-state index is 12.4. The molecular weight excluding hydrogens is 296 g/mol. The smallest absolute Gasteiger partial charge is 0.249 e. The fourth-order valence-corrected chi connectivity index (χ4v) is 3.11. The molecule has 0 radical (unpaired) electrons. The molecule has 0 spiro atoms. The minimum Gasteiger partial charge on any atom is -0.364 e. The van der Waals surface area contributed by atoms with Gasteiger partial charge in [0.15, 0.2) is 0 Å². The first-order valence-corrected chi connectivity index (χ1v) is 7.72. The van der Waals surface area contributed by atoms with Crippen molar-refractivity contribution >= 4 is 11.8 Å². The number of carbonyl (C=O) groups is 2. The Morgan fingerprint density at radius 3 is 2.91 bits per heavy atom. The van der Waals surface area contributed by atoms with E-state index in [1.807, 2.05) is 0 Å². The Hall–Kier alpha value is -2.28. The standard InChI is InChI=1S/C16H20N4O3/c1-2-5-20-13-8-19(9-14(13)23-10-16(20)22)15(21)4-3-12-6-17-11-18-7-12/h2,6-7,11,13-14H,1,3-5,8-10H2/t13-,14-/m1/s1. The van der Waals surface area contributed by atoms with Crippen LogP contribution in [0.5, 0.6) is 0 Å². The normalized spacial score (nSPS) is 23.7. The van der Waals surface area contributed by atoms with Gasteiger partial charge in [-0.25, -0.2) is 9.97 Å². The second-order valence-corrected chi connectivity index (χ2v) is 5.80. The maximum Gasteiger partial charge on any atom is 0.249 e. The average Bonchev–Trinajstić information content (AvgIpc) is 3.01. The molecule has 1 aromatic rings. The highest BCUT2D eigenvalue weighted by atomic mass is 16.5. The van der Waals surface area contributed by atoms with Gasteiger partial charge in [0.05, 0.1) is 12.1 Å². The summed E-state index contributed by atoms with van der Waals surface area (Å²) in [7, 11) is 0. The van der Waals surface area contributed by atoms with Crippen LogP contribution in [0.3, 0.4) is 0 Å². The SMILES string of the molecule is C=CCN1C(=O)CO[C@@H]2CN(C(=O)CCc3cncnc3)C[C@H]21. The van der Waals surface area contributed by atoms with Gasteiger partial charge in [0, 0.05) is 38.4 Å². The molecule has 7 heteroatoms. The van der Waals surface area contributed by atoms with Gasteiger partial charge in [-0.05, 0) is 12.0 Å². The van der Waals surface area contributed by atoms with Crippen molar-refractivity contribution in [1.29, 1.82) is 0 Å². The van der Waals surface area contributed by atoms with Crippen LogP contribution in [0.2, 0.25) is 0 Å². The van der Waals surface area contributed by atoms with Crippen molar-refractivity contribution in [3.05, 3.63) is 36.9 Å². The predicted octanol–water partition coefficient (Wildman–Crippen LogP) is 0.0334. The number of hydrogen-bond donors (Lipinski definition) is 0. The molecule has 3 heterocycles. The Balaban J connectivity index is 1.58. The minimum absolute atomic E-state index is 0.0399. The number of aryl methyl sites for hydroxylation is 1. The number of fused-ring (bicyclic) bond motifs is 1. The first kappa shape index (κ1) is 15.6. The summed E-state index contributed by atoms with van der Waals surface area (Å²) in [5.74, 6) is 0.0275. The third-order valence-corrected chi connectivity index (χ3v) is 4.30. The minimum atomic E-state index is -0.100. The molecule has 23 heavy (non-hydrogen) atoms. The Bertz CT molecular complexity index is 592. The van der Waals surface area contributed by atoms with Gasteiger partial charge in [-0.3, -0.25) is 9.59 Å². The van der Waals surface area contributed by atoms with E-state index in [4.69, 9.17) is 4.74 Å². The molecule has 0 unspecified atom stereocenters. The lowest BCUT2D eigenvalue weighted by atomic mass is 10.1. The molecule has 0 N–H and O–H groups in total. The van der Waals surface area contributed by atoms with Crippen molar-refractivity contribution < 1.29 is 14.3 Å². The van der Waals surface area contributed by atoms with Crippen molar-refractivity contribution in [3.8, 4) is 0 Å². The second-order valence-electron chi connectivity index (χ2n) is 5.80. The van der Waals surface area contributed by atoms with Crippen LogP contribution in [0.1, 0.15) is 12.0 Å². The van der Waals surface area contributed by atoms with E-state index in [0.717, 1.165) is 5.56 Å². The first-order chi connectivity index (χ1) is 11.2. The number of ether oxygens (including phenoxy) is 1. The Morgan fingerprint density at radius 1 is 1.39 bits per heavy atom. The van der Waals surface area contributed by atoms with Gasteiger partial charge >= 0.3 is 0 Å². The summed E-state index contributed by atoms with van der Waals surface area (Å²) in [5.41, 5.74) is 0.942. The lowest BCUT2D eigenvalue weighted by molar-refractivity contribution is -0.151. The topological polar surface area (TPSA) is 75.6 Å². The monoisotopic (exact) mass is 316 g/mol. The second kappa shape index (κ2) is 6.87. The lowest BCUT2D eigenvalue weighted by Crippen LogP contribution is -2.53. The molecule has 3 rings (SSSR count). The van der Waals surface area contributed by atoms with Crippen molar-refractivity contribution in [2.45, 2.75) is 25.0 Å². The number of aromatic nitrogens is 2. The fraction of sp³-hybridized carbons (Fsp3) is 0.500. The summed E-state index contributed by atoms with van der Waals surface area (Å²) in [6.45, 7) is 5.33. The van der Waals surface area contributed by atoms with Gasteiger partial charge in [0.2, 0.25) is 11.8 Å². The summed E-state index contributed by atoms with van der Waals surface area (Å²) in [6.07, 6.45) is 7.54. The number of carbonyl (C=O) groups excluding carboxylic acids is 2. The molecule has 1 aromatic heterocycles. The fourth-order valence-electron chi connectivity index (χ4n) is 3.11. The number of morpholine rings is 1. The Labute approximate surface area is 135 Å². The van der Waals surface area contributed by atoms with E-state index < -0.39 is 0 Å². The molecule has 0 aliphatic carbocycles. The van der Waals surface area contributed by atoms with E-state index in [1.165, 1.54) is 6.33 Å². The Kier molecular flexibility index (Phi) is 4.66. The zero-order valence-corrected chi connectivity index (χ0v) is 12.9. The molecule has 0 aromatic carbocycles. The molecule has 2 amide bonds. The number of nitrogens with zero attached hydrogens (tertiary/aromatic N) is 4. The third-order valence-electron chi connectivity index (χ3n) is 4.30. The van der Waals surface area contributed by atoms with Crippen LogP contribution in [-0.2, 0) is 20.7 Å². The molecule has 2 atom stereocenters. The molecule has 2 saturated heterocycles. The van der Waals surface area contributed by atoms with Crippen LogP contribution in [0, 0.1) is 0 Å². The number of likely N-dealkylation sites (tertiary alicyclic amines) is 1. The third kappa shape index (κ3) is 3.39. The summed E-state index contributed by atoms with van der Waals surface area (Å²) in [5, 5.41) is 0. The molecule has 122 valence electrons. The van der Waals surface area contributed by atoms with Gasteiger partial charge < -0.3 is 14.5 Å². The van der Waals surface area contributed by atoms with Crippen LogP contribution < -0.4 is 0 Å². The van der Waals surface area contributed by atoms with Gasteiger partial charge in [-0.1, -0.05) is 6.08 Å². The predicted molar refractivity (Wildman–Crippen MR) is 82.4 cm³/mol.